The second kappa shape index (κ2) is 14.3. The van der Waals surface area contributed by atoms with Crippen LogP contribution in [-0.4, -0.2) is 43.0 Å². The summed E-state index contributed by atoms with van der Waals surface area (Å²) >= 11 is 6.08. The number of nitrogens with zero attached hydrogens (tertiary/aromatic N) is 1. The summed E-state index contributed by atoms with van der Waals surface area (Å²) in [5.74, 6) is -0.219. The quantitative estimate of drug-likeness (QED) is 0.339. The molecule has 0 aliphatic heterocycles. The maximum absolute atomic E-state index is 13.6. The van der Waals surface area contributed by atoms with Crippen LogP contribution in [-0.2, 0) is 33.7 Å². The summed E-state index contributed by atoms with van der Waals surface area (Å²) < 4.78 is 5.10. The van der Waals surface area contributed by atoms with Gasteiger partial charge in [0.25, 0.3) is 0 Å². The van der Waals surface area contributed by atoms with Gasteiger partial charge in [-0.05, 0) is 41.7 Å². The normalized spacial score (nSPS) is 11.6. The highest BCUT2D eigenvalue weighted by Crippen LogP contribution is 2.18. The molecule has 1 N–H and O–H groups in total. The Balaban J connectivity index is 1.85. The fourth-order valence-corrected chi connectivity index (χ4v) is 4.05. The van der Waals surface area contributed by atoms with Gasteiger partial charge in [-0.2, -0.15) is 0 Å². The summed E-state index contributed by atoms with van der Waals surface area (Å²) in [6, 6.07) is 26.5. The van der Waals surface area contributed by atoms with Gasteiger partial charge in [-0.15, -0.1) is 0 Å². The van der Waals surface area contributed by atoms with E-state index in [-0.39, 0.29) is 11.8 Å². The standard InChI is InChI=1S/C29H33ClN2O3/c1-35-20-8-19-31-29(34)27(21-24-11-6-3-7-12-24)32(22-25-13-16-26(30)17-14-25)28(33)18-15-23-9-4-2-5-10-23/h2-7,9-14,16-17,27H,8,15,18-22H2,1H3,(H,31,34). The van der Waals surface area contributed by atoms with Gasteiger partial charge >= 0.3 is 0 Å². The van der Waals surface area contributed by atoms with Gasteiger partial charge in [-0.25, -0.2) is 0 Å². The molecule has 3 aromatic rings. The first-order valence-corrected chi connectivity index (χ1v) is 12.3. The maximum Gasteiger partial charge on any atom is 0.243 e. The van der Waals surface area contributed by atoms with Crippen molar-refractivity contribution in [2.24, 2.45) is 0 Å². The Bertz CT molecular complexity index is 1040. The second-order valence-electron chi connectivity index (χ2n) is 8.48. The summed E-state index contributed by atoms with van der Waals surface area (Å²) in [7, 11) is 1.64. The molecule has 0 aromatic heterocycles. The zero-order chi connectivity index (χ0) is 24.9. The predicted octanol–water partition coefficient (Wildman–Crippen LogP) is 5.07. The Morgan fingerprint density at radius 1 is 0.886 bits per heavy atom. The van der Waals surface area contributed by atoms with Crippen LogP contribution >= 0.6 is 11.6 Å². The number of nitrogens with one attached hydrogen (secondary N) is 1. The lowest BCUT2D eigenvalue weighted by atomic mass is 10.0. The van der Waals surface area contributed by atoms with E-state index in [9.17, 15) is 9.59 Å². The molecule has 3 rings (SSSR count). The molecule has 0 aliphatic carbocycles. The van der Waals surface area contributed by atoms with E-state index in [4.69, 9.17) is 16.3 Å². The van der Waals surface area contributed by atoms with Gasteiger partial charge in [0, 0.05) is 44.7 Å². The van der Waals surface area contributed by atoms with Crippen LogP contribution in [0, 0.1) is 0 Å². The molecule has 1 unspecified atom stereocenters. The molecule has 0 heterocycles. The number of methoxy groups -OCH3 is 1. The molecule has 5 nitrogen and oxygen atoms in total. The number of aryl methyl sites for hydroxylation is 1. The largest absolute Gasteiger partial charge is 0.385 e. The molecular formula is C29H33ClN2O3. The zero-order valence-electron chi connectivity index (χ0n) is 20.2. The van der Waals surface area contributed by atoms with Gasteiger partial charge in [0.1, 0.15) is 6.04 Å². The van der Waals surface area contributed by atoms with Gasteiger partial charge < -0.3 is 15.0 Å². The molecule has 6 heteroatoms. The number of benzene rings is 3. The summed E-state index contributed by atoms with van der Waals surface area (Å²) in [5, 5.41) is 3.64. The number of hydrogen-bond donors (Lipinski definition) is 1. The first-order valence-electron chi connectivity index (χ1n) is 11.9. The highest BCUT2D eigenvalue weighted by molar-refractivity contribution is 6.30. The number of amides is 2. The molecule has 0 saturated heterocycles. The van der Waals surface area contributed by atoms with Crippen molar-refractivity contribution in [1.82, 2.24) is 10.2 Å². The van der Waals surface area contributed by atoms with E-state index in [0.717, 1.165) is 16.7 Å². The van der Waals surface area contributed by atoms with E-state index >= 15 is 0 Å². The number of ether oxygens (including phenoxy) is 1. The average Bonchev–Trinajstić information content (AvgIpc) is 2.89. The Morgan fingerprint density at radius 2 is 1.51 bits per heavy atom. The van der Waals surface area contributed by atoms with E-state index in [2.05, 4.69) is 5.32 Å². The van der Waals surface area contributed by atoms with E-state index in [1.54, 1.807) is 24.1 Å². The number of carbonyl (C=O) groups is 2. The molecule has 1 atom stereocenters. The molecule has 3 aromatic carbocycles. The molecule has 35 heavy (non-hydrogen) atoms. The first kappa shape index (κ1) is 26.5. The van der Waals surface area contributed by atoms with Gasteiger partial charge in [0.15, 0.2) is 0 Å². The zero-order valence-corrected chi connectivity index (χ0v) is 20.9. The minimum Gasteiger partial charge on any atom is -0.385 e. The van der Waals surface area contributed by atoms with Crippen LogP contribution in [0.3, 0.4) is 0 Å². The highest BCUT2D eigenvalue weighted by atomic mass is 35.5. The fourth-order valence-electron chi connectivity index (χ4n) is 3.93. The Hall–Kier alpha value is -3.15. The molecule has 0 fully saturated rings. The number of rotatable bonds is 13. The van der Waals surface area contributed by atoms with E-state index < -0.39 is 6.04 Å². The fraction of sp³-hybridized carbons (Fsp3) is 0.310. The van der Waals surface area contributed by atoms with Crippen LogP contribution in [0.1, 0.15) is 29.5 Å². The van der Waals surface area contributed by atoms with E-state index in [0.29, 0.717) is 50.4 Å². The SMILES string of the molecule is COCCCNC(=O)C(Cc1ccccc1)N(Cc1ccc(Cl)cc1)C(=O)CCc1ccccc1. The Kier molecular flexibility index (Phi) is 10.8. The minimum absolute atomic E-state index is 0.0585. The van der Waals surface area contributed by atoms with Crippen molar-refractivity contribution in [3.8, 4) is 0 Å². The monoisotopic (exact) mass is 492 g/mol. The Labute approximate surface area is 213 Å². The smallest absolute Gasteiger partial charge is 0.243 e. The predicted molar refractivity (Wildman–Crippen MR) is 140 cm³/mol. The molecule has 0 radical (unpaired) electrons. The van der Waals surface area contributed by atoms with E-state index in [1.165, 1.54) is 0 Å². The topological polar surface area (TPSA) is 58.6 Å². The molecule has 184 valence electrons. The Morgan fingerprint density at radius 3 is 2.14 bits per heavy atom. The summed E-state index contributed by atoms with van der Waals surface area (Å²) in [4.78, 5) is 28.7. The van der Waals surface area contributed by atoms with Crippen molar-refractivity contribution >= 4 is 23.4 Å². The van der Waals surface area contributed by atoms with Crippen LogP contribution in [0.4, 0.5) is 0 Å². The summed E-state index contributed by atoms with van der Waals surface area (Å²) in [6.07, 6.45) is 2.07. The van der Waals surface area contributed by atoms with Crippen molar-refractivity contribution < 1.29 is 14.3 Å². The lowest BCUT2D eigenvalue weighted by molar-refractivity contribution is -0.141. The minimum atomic E-state index is -0.640. The highest BCUT2D eigenvalue weighted by Gasteiger charge is 2.30. The van der Waals surface area contributed by atoms with Crippen LogP contribution in [0.15, 0.2) is 84.9 Å². The van der Waals surface area contributed by atoms with Crippen LogP contribution in [0.25, 0.3) is 0 Å². The van der Waals surface area contributed by atoms with Crippen molar-refractivity contribution in [1.29, 1.82) is 0 Å². The van der Waals surface area contributed by atoms with Crippen LogP contribution < -0.4 is 5.32 Å². The van der Waals surface area contributed by atoms with Gasteiger partial charge in [0.2, 0.25) is 11.8 Å². The van der Waals surface area contributed by atoms with Crippen LogP contribution in [0.2, 0.25) is 5.02 Å². The molecule has 0 aliphatic rings. The molecule has 0 bridgehead atoms. The van der Waals surface area contributed by atoms with Gasteiger partial charge in [-0.3, -0.25) is 9.59 Å². The number of hydrogen-bond acceptors (Lipinski definition) is 3. The van der Waals surface area contributed by atoms with Crippen molar-refractivity contribution in [3.05, 3.63) is 107 Å². The number of carbonyl (C=O) groups excluding carboxylic acids is 2. The molecular weight excluding hydrogens is 460 g/mol. The van der Waals surface area contributed by atoms with Crippen molar-refractivity contribution in [2.45, 2.75) is 38.3 Å². The van der Waals surface area contributed by atoms with Crippen molar-refractivity contribution in [3.63, 3.8) is 0 Å². The third kappa shape index (κ3) is 8.85. The molecule has 2 amide bonds. The number of halogens is 1. The third-order valence-electron chi connectivity index (χ3n) is 5.83. The summed E-state index contributed by atoms with van der Waals surface area (Å²) in [5.41, 5.74) is 3.02. The third-order valence-corrected chi connectivity index (χ3v) is 6.08. The maximum atomic E-state index is 13.6. The van der Waals surface area contributed by atoms with Gasteiger partial charge in [0.05, 0.1) is 0 Å². The van der Waals surface area contributed by atoms with E-state index in [1.807, 2.05) is 72.8 Å². The average molecular weight is 493 g/mol. The molecule has 0 spiro atoms. The van der Waals surface area contributed by atoms with Crippen LogP contribution in [0.5, 0.6) is 0 Å². The first-order chi connectivity index (χ1) is 17.1. The molecule has 0 saturated carbocycles. The van der Waals surface area contributed by atoms with Crippen molar-refractivity contribution in [2.75, 3.05) is 20.3 Å². The van der Waals surface area contributed by atoms with Gasteiger partial charge in [-0.1, -0.05) is 84.4 Å². The summed E-state index contributed by atoms with van der Waals surface area (Å²) in [6.45, 7) is 1.38. The lowest BCUT2D eigenvalue weighted by Gasteiger charge is -2.31. The second-order valence-corrected chi connectivity index (χ2v) is 8.91. The lowest BCUT2D eigenvalue weighted by Crippen LogP contribution is -2.50.